The van der Waals surface area contributed by atoms with Crippen molar-refractivity contribution in [1.29, 1.82) is 0 Å². The Labute approximate surface area is 175 Å². The second-order valence-electron chi connectivity index (χ2n) is 5.88. The predicted octanol–water partition coefficient (Wildman–Crippen LogP) is 3.86. The van der Waals surface area contributed by atoms with Gasteiger partial charge in [0.15, 0.2) is 6.10 Å². The lowest BCUT2D eigenvalue weighted by atomic mass is 10.3. The van der Waals surface area contributed by atoms with E-state index in [1.54, 1.807) is 42.5 Å². The highest BCUT2D eigenvalue weighted by atomic mass is 35.5. The van der Waals surface area contributed by atoms with Crippen LogP contribution in [0.5, 0.6) is 5.75 Å². The Balaban J connectivity index is 1.56. The molecule has 0 spiro atoms. The molecule has 6 nitrogen and oxygen atoms in total. The van der Waals surface area contributed by atoms with Crippen molar-refractivity contribution in [2.24, 2.45) is 0 Å². The van der Waals surface area contributed by atoms with Gasteiger partial charge in [-0.3, -0.25) is 9.59 Å². The van der Waals surface area contributed by atoms with Crippen LogP contribution in [0, 0.1) is 0 Å². The van der Waals surface area contributed by atoms with E-state index in [4.69, 9.17) is 27.9 Å². The van der Waals surface area contributed by atoms with Crippen LogP contribution in [-0.4, -0.2) is 28.3 Å². The van der Waals surface area contributed by atoms with Gasteiger partial charge in [-0.2, -0.15) is 5.10 Å². The van der Waals surface area contributed by atoms with Crippen molar-refractivity contribution in [2.75, 3.05) is 6.54 Å². The van der Waals surface area contributed by atoms with Gasteiger partial charge in [0.25, 0.3) is 11.5 Å². The van der Waals surface area contributed by atoms with Crippen molar-refractivity contribution >= 4 is 40.4 Å². The smallest absolute Gasteiger partial charge is 0.266 e. The highest BCUT2D eigenvalue weighted by Gasteiger charge is 2.16. The molecule has 1 N–H and O–H groups in total. The van der Waals surface area contributed by atoms with Crippen LogP contribution in [0.2, 0.25) is 10.0 Å². The number of amides is 1. The van der Waals surface area contributed by atoms with Gasteiger partial charge in [-0.05, 0) is 42.6 Å². The molecule has 28 heavy (non-hydrogen) atoms. The molecule has 2 heterocycles. The fourth-order valence-corrected chi connectivity index (χ4v) is 3.55. The van der Waals surface area contributed by atoms with E-state index in [1.165, 1.54) is 10.7 Å². The van der Waals surface area contributed by atoms with E-state index in [0.717, 1.165) is 10.6 Å². The molecule has 0 aliphatic rings. The van der Waals surface area contributed by atoms with Gasteiger partial charge in [-0.15, -0.1) is 11.3 Å². The summed E-state index contributed by atoms with van der Waals surface area (Å²) in [5, 5.41) is 9.84. The Bertz CT molecular complexity index is 1020. The molecule has 3 rings (SSSR count). The quantitative estimate of drug-likeness (QED) is 0.608. The number of benzene rings is 1. The maximum Gasteiger partial charge on any atom is 0.266 e. The zero-order valence-corrected chi connectivity index (χ0v) is 17.2. The minimum atomic E-state index is -0.763. The summed E-state index contributed by atoms with van der Waals surface area (Å²) in [5.41, 5.74) is 0.488. The Hall–Kier alpha value is -2.35. The maximum atomic E-state index is 12.2. The molecule has 9 heteroatoms. The van der Waals surface area contributed by atoms with Gasteiger partial charge in [0, 0.05) is 17.6 Å². The number of hydrogen-bond acceptors (Lipinski definition) is 5. The third-order valence-electron chi connectivity index (χ3n) is 3.83. The molecule has 0 aliphatic heterocycles. The first-order chi connectivity index (χ1) is 13.4. The fourth-order valence-electron chi connectivity index (χ4n) is 2.41. The van der Waals surface area contributed by atoms with E-state index in [9.17, 15) is 9.59 Å². The van der Waals surface area contributed by atoms with Gasteiger partial charge >= 0.3 is 0 Å². The largest absolute Gasteiger partial charge is 0.479 e. The molecule has 1 unspecified atom stereocenters. The molecule has 1 aromatic carbocycles. The highest BCUT2D eigenvalue weighted by molar-refractivity contribution is 7.13. The van der Waals surface area contributed by atoms with Crippen molar-refractivity contribution < 1.29 is 9.53 Å². The average Bonchev–Trinajstić information content (AvgIpc) is 3.20. The van der Waals surface area contributed by atoms with Crippen LogP contribution in [-0.2, 0) is 11.3 Å². The zero-order chi connectivity index (χ0) is 20.1. The lowest BCUT2D eigenvalue weighted by molar-refractivity contribution is -0.127. The molecule has 0 bridgehead atoms. The predicted molar refractivity (Wildman–Crippen MR) is 111 cm³/mol. The number of rotatable bonds is 7. The molecule has 146 valence electrons. The summed E-state index contributed by atoms with van der Waals surface area (Å²) in [4.78, 5) is 25.2. The summed E-state index contributed by atoms with van der Waals surface area (Å²) < 4.78 is 6.90. The Kier molecular flexibility index (Phi) is 6.72. The van der Waals surface area contributed by atoms with Gasteiger partial charge in [0.2, 0.25) is 0 Å². The molecule has 1 atom stereocenters. The second kappa shape index (κ2) is 9.23. The van der Waals surface area contributed by atoms with Crippen molar-refractivity contribution in [3.63, 3.8) is 0 Å². The first-order valence-electron chi connectivity index (χ1n) is 8.45. The molecule has 0 saturated carbocycles. The second-order valence-corrected chi connectivity index (χ2v) is 7.67. The number of carbonyl (C=O) groups excluding carboxylic acids is 1. The fraction of sp³-hybridized carbons (Fsp3) is 0.211. The van der Waals surface area contributed by atoms with E-state index in [-0.39, 0.29) is 24.6 Å². The monoisotopic (exact) mass is 437 g/mol. The van der Waals surface area contributed by atoms with E-state index in [1.807, 2.05) is 17.5 Å². The maximum absolute atomic E-state index is 12.2. The Morgan fingerprint density at radius 3 is 2.82 bits per heavy atom. The standard InChI is InChI=1S/C19H17Cl2N3O3S/c1-12(27-16-6-4-13(20)11-14(16)21)19(26)22-8-9-24-18(25)7-5-15(23-24)17-3-2-10-28-17/h2-7,10-12H,8-9H2,1H3,(H,22,26). The van der Waals surface area contributed by atoms with Crippen molar-refractivity contribution in [1.82, 2.24) is 15.1 Å². The van der Waals surface area contributed by atoms with Crippen LogP contribution in [0.25, 0.3) is 10.6 Å². The Morgan fingerprint density at radius 1 is 1.29 bits per heavy atom. The van der Waals surface area contributed by atoms with Crippen molar-refractivity contribution in [3.8, 4) is 16.3 Å². The summed E-state index contributed by atoms with van der Waals surface area (Å²) in [6.45, 7) is 2.10. The van der Waals surface area contributed by atoms with Gasteiger partial charge in [-0.25, -0.2) is 4.68 Å². The third kappa shape index (κ3) is 5.13. The van der Waals surface area contributed by atoms with Gasteiger partial charge in [-0.1, -0.05) is 29.3 Å². The van der Waals surface area contributed by atoms with Crippen molar-refractivity contribution in [3.05, 3.63) is 68.2 Å². The summed E-state index contributed by atoms with van der Waals surface area (Å²) in [6.07, 6.45) is -0.763. The van der Waals surface area contributed by atoms with E-state index < -0.39 is 6.10 Å². The number of ether oxygens (including phenoxy) is 1. The van der Waals surface area contributed by atoms with E-state index >= 15 is 0 Å². The molecular weight excluding hydrogens is 421 g/mol. The van der Waals surface area contributed by atoms with Crippen molar-refractivity contribution in [2.45, 2.75) is 19.6 Å². The highest BCUT2D eigenvalue weighted by Crippen LogP contribution is 2.28. The molecular formula is C19H17Cl2N3O3S. The van der Waals surface area contributed by atoms with Crippen LogP contribution >= 0.6 is 34.5 Å². The van der Waals surface area contributed by atoms with E-state index in [0.29, 0.717) is 15.8 Å². The lowest BCUT2D eigenvalue weighted by Gasteiger charge is -2.16. The summed E-state index contributed by atoms with van der Waals surface area (Å²) in [5.74, 6) is 0.0451. The third-order valence-corrected chi connectivity index (χ3v) is 5.25. The molecule has 0 radical (unpaired) electrons. The molecule has 2 aromatic heterocycles. The van der Waals surface area contributed by atoms with Gasteiger partial charge < -0.3 is 10.1 Å². The van der Waals surface area contributed by atoms with Crippen LogP contribution in [0.15, 0.2) is 52.6 Å². The van der Waals surface area contributed by atoms with Crippen LogP contribution in [0.4, 0.5) is 0 Å². The molecule has 0 saturated heterocycles. The number of thiophene rings is 1. The molecule has 0 fully saturated rings. The van der Waals surface area contributed by atoms with E-state index in [2.05, 4.69) is 10.4 Å². The summed E-state index contributed by atoms with van der Waals surface area (Å²) >= 11 is 13.4. The molecule has 0 aliphatic carbocycles. The zero-order valence-electron chi connectivity index (χ0n) is 14.9. The Morgan fingerprint density at radius 2 is 2.11 bits per heavy atom. The number of nitrogens with one attached hydrogen (secondary N) is 1. The van der Waals surface area contributed by atoms with Gasteiger partial charge in [0.1, 0.15) is 11.4 Å². The lowest BCUT2D eigenvalue weighted by Crippen LogP contribution is -2.39. The topological polar surface area (TPSA) is 73.2 Å². The minimum absolute atomic E-state index is 0.230. The molecule has 3 aromatic rings. The normalized spacial score (nSPS) is 11.8. The molecule has 1 amide bonds. The summed E-state index contributed by atoms with van der Waals surface area (Å²) in [6, 6.07) is 11.8. The number of carbonyl (C=O) groups is 1. The summed E-state index contributed by atoms with van der Waals surface area (Å²) in [7, 11) is 0. The number of aromatic nitrogens is 2. The van der Waals surface area contributed by atoms with Crippen LogP contribution in [0.1, 0.15) is 6.92 Å². The van der Waals surface area contributed by atoms with Crippen LogP contribution < -0.4 is 15.6 Å². The average molecular weight is 438 g/mol. The number of nitrogens with zero attached hydrogens (tertiary/aromatic N) is 2. The number of hydrogen-bond donors (Lipinski definition) is 1. The van der Waals surface area contributed by atoms with Crippen LogP contribution in [0.3, 0.4) is 0 Å². The number of halogens is 2. The first-order valence-corrected chi connectivity index (χ1v) is 10.1. The SMILES string of the molecule is CC(Oc1ccc(Cl)cc1Cl)C(=O)NCCn1nc(-c2cccs2)ccc1=O. The first kappa shape index (κ1) is 20.4. The minimum Gasteiger partial charge on any atom is -0.479 e. The van der Waals surface area contributed by atoms with Gasteiger partial charge in [0.05, 0.1) is 16.4 Å².